The summed E-state index contributed by atoms with van der Waals surface area (Å²) in [5.74, 6) is 0.521. The molecule has 0 unspecified atom stereocenters. The van der Waals surface area contributed by atoms with E-state index in [1.165, 1.54) is 6.07 Å². The molecular formula is C23H27FN2O4. The number of benzene rings is 2. The molecule has 0 spiro atoms. The highest BCUT2D eigenvalue weighted by Gasteiger charge is 2.19. The minimum Gasteiger partial charge on any atom is -0.497 e. The standard InChI is InChI=1S/C23H27FN2O4/c1-3-13-30-19-10-9-17(24)21-22(19)26-18(14-25-11-4-12-27)20(23(21)28)15-5-7-16(29-2)8-6-15/h5-10,25,27H,3-4,11-14H2,1-2H3,(H,26,28). The lowest BCUT2D eigenvalue weighted by Gasteiger charge is -2.15. The number of aromatic amines is 1. The molecule has 0 bridgehead atoms. The second-order valence-corrected chi connectivity index (χ2v) is 6.93. The number of nitrogens with one attached hydrogen (secondary N) is 2. The van der Waals surface area contributed by atoms with E-state index in [4.69, 9.17) is 14.6 Å². The lowest BCUT2D eigenvalue weighted by molar-refractivity contribution is 0.286. The molecule has 0 aliphatic carbocycles. The summed E-state index contributed by atoms with van der Waals surface area (Å²) in [6, 6.07) is 9.89. The number of aliphatic hydroxyl groups is 1. The summed E-state index contributed by atoms with van der Waals surface area (Å²) in [4.78, 5) is 16.7. The molecule has 0 saturated carbocycles. The zero-order valence-electron chi connectivity index (χ0n) is 17.3. The lowest BCUT2D eigenvalue weighted by Crippen LogP contribution is -2.21. The van der Waals surface area contributed by atoms with E-state index in [0.29, 0.717) is 60.0 Å². The van der Waals surface area contributed by atoms with Crippen LogP contribution in [-0.2, 0) is 6.54 Å². The molecule has 160 valence electrons. The summed E-state index contributed by atoms with van der Waals surface area (Å²) >= 11 is 0. The first-order chi connectivity index (χ1) is 14.6. The number of hydrogen-bond donors (Lipinski definition) is 3. The van der Waals surface area contributed by atoms with Crippen LogP contribution >= 0.6 is 0 Å². The summed E-state index contributed by atoms with van der Waals surface area (Å²) < 4.78 is 25.7. The third kappa shape index (κ3) is 4.63. The maximum Gasteiger partial charge on any atom is 0.200 e. The topological polar surface area (TPSA) is 83.6 Å². The van der Waals surface area contributed by atoms with Gasteiger partial charge in [-0.1, -0.05) is 19.1 Å². The van der Waals surface area contributed by atoms with Gasteiger partial charge in [-0.05, 0) is 49.2 Å². The van der Waals surface area contributed by atoms with E-state index in [1.807, 2.05) is 6.92 Å². The molecule has 1 aromatic heterocycles. The molecule has 6 nitrogen and oxygen atoms in total. The van der Waals surface area contributed by atoms with Crippen LogP contribution < -0.4 is 20.2 Å². The van der Waals surface area contributed by atoms with Crippen LogP contribution in [0, 0.1) is 5.82 Å². The predicted octanol–water partition coefficient (Wildman–Crippen LogP) is 3.60. The largest absolute Gasteiger partial charge is 0.497 e. The highest BCUT2D eigenvalue weighted by atomic mass is 19.1. The monoisotopic (exact) mass is 414 g/mol. The van der Waals surface area contributed by atoms with Gasteiger partial charge in [0, 0.05) is 18.8 Å². The molecule has 2 aromatic carbocycles. The molecule has 3 N–H and O–H groups in total. The van der Waals surface area contributed by atoms with Crippen LogP contribution in [0.5, 0.6) is 11.5 Å². The maximum absolute atomic E-state index is 14.7. The fourth-order valence-electron chi connectivity index (χ4n) is 3.32. The Hall–Kier alpha value is -2.90. The number of rotatable bonds is 10. The van der Waals surface area contributed by atoms with Crippen molar-refractivity contribution in [3.05, 3.63) is 58.1 Å². The van der Waals surface area contributed by atoms with Crippen molar-refractivity contribution in [3.8, 4) is 22.6 Å². The van der Waals surface area contributed by atoms with Crippen molar-refractivity contribution in [1.29, 1.82) is 0 Å². The van der Waals surface area contributed by atoms with Crippen LogP contribution in [0.3, 0.4) is 0 Å². The van der Waals surface area contributed by atoms with Crippen molar-refractivity contribution in [2.75, 3.05) is 26.9 Å². The first-order valence-corrected chi connectivity index (χ1v) is 10.1. The fourth-order valence-corrected chi connectivity index (χ4v) is 3.32. The Bertz CT molecular complexity index is 1050. The Kier molecular flexibility index (Phi) is 7.43. The number of methoxy groups -OCH3 is 1. The Morgan fingerprint density at radius 1 is 1.17 bits per heavy atom. The number of pyridine rings is 1. The number of halogens is 1. The smallest absolute Gasteiger partial charge is 0.200 e. The fraction of sp³-hybridized carbons (Fsp3) is 0.348. The zero-order chi connectivity index (χ0) is 21.5. The van der Waals surface area contributed by atoms with Gasteiger partial charge in [-0.2, -0.15) is 0 Å². The average Bonchev–Trinajstić information content (AvgIpc) is 2.76. The molecule has 0 aliphatic rings. The van der Waals surface area contributed by atoms with Gasteiger partial charge in [0.25, 0.3) is 0 Å². The zero-order valence-corrected chi connectivity index (χ0v) is 17.3. The van der Waals surface area contributed by atoms with Gasteiger partial charge in [-0.3, -0.25) is 4.79 Å². The van der Waals surface area contributed by atoms with E-state index in [2.05, 4.69) is 10.3 Å². The highest BCUT2D eigenvalue weighted by Crippen LogP contribution is 2.29. The van der Waals surface area contributed by atoms with Gasteiger partial charge in [-0.25, -0.2) is 4.39 Å². The summed E-state index contributed by atoms with van der Waals surface area (Å²) in [5.41, 5.74) is 1.64. The molecule has 30 heavy (non-hydrogen) atoms. The number of fused-ring (bicyclic) bond motifs is 1. The quantitative estimate of drug-likeness (QED) is 0.442. The number of H-pyrrole nitrogens is 1. The van der Waals surface area contributed by atoms with Crippen molar-refractivity contribution >= 4 is 10.9 Å². The van der Waals surface area contributed by atoms with E-state index in [1.54, 1.807) is 37.4 Å². The SMILES string of the molecule is CCCOc1ccc(F)c2c(=O)c(-c3ccc(OC)cc3)c(CNCCCO)[nH]c12. The maximum atomic E-state index is 14.7. The summed E-state index contributed by atoms with van der Waals surface area (Å²) in [7, 11) is 1.57. The molecule has 0 saturated heterocycles. The third-order valence-corrected chi connectivity index (χ3v) is 4.80. The van der Waals surface area contributed by atoms with Gasteiger partial charge >= 0.3 is 0 Å². The first kappa shape index (κ1) is 21.8. The molecule has 1 heterocycles. The summed E-state index contributed by atoms with van der Waals surface area (Å²) in [5, 5.41) is 12.2. The van der Waals surface area contributed by atoms with Crippen molar-refractivity contribution in [1.82, 2.24) is 10.3 Å². The summed E-state index contributed by atoms with van der Waals surface area (Å²) in [6.07, 6.45) is 1.39. The van der Waals surface area contributed by atoms with Crippen molar-refractivity contribution < 1.29 is 19.0 Å². The van der Waals surface area contributed by atoms with Crippen molar-refractivity contribution in [2.24, 2.45) is 0 Å². The van der Waals surface area contributed by atoms with E-state index < -0.39 is 11.2 Å². The average molecular weight is 414 g/mol. The highest BCUT2D eigenvalue weighted by molar-refractivity contribution is 5.89. The van der Waals surface area contributed by atoms with Crippen LogP contribution in [0.15, 0.2) is 41.2 Å². The number of ether oxygens (including phenoxy) is 2. The number of hydrogen-bond acceptors (Lipinski definition) is 5. The Morgan fingerprint density at radius 3 is 2.60 bits per heavy atom. The minimum absolute atomic E-state index is 0.0199. The third-order valence-electron chi connectivity index (χ3n) is 4.80. The molecule has 0 aliphatic heterocycles. The summed E-state index contributed by atoms with van der Waals surface area (Å²) in [6.45, 7) is 3.46. The van der Waals surface area contributed by atoms with Gasteiger partial charge in [0.05, 0.1) is 30.2 Å². The molecule has 3 aromatic rings. The van der Waals surface area contributed by atoms with E-state index >= 15 is 0 Å². The molecule has 0 radical (unpaired) electrons. The van der Waals surface area contributed by atoms with E-state index in [-0.39, 0.29) is 12.0 Å². The molecule has 0 amide bonds. The Labute approximate surface area is 174 Å². The predicted molar refractivity (Wildman–Crippen MR) is 116 cm³/mol. The second-order valence-electron chi connectivity index (χ2n) is 6.93. The van der Waals surface area contributed by atoms with Crippen LogP contribution in [0.25, 0.3) is 22.0 Å². The molecule has 0 fully saturated rings. The van der Waals surface area contributed by atoms with Gasteiger partial charge in [-0.15, -0.1) is 0 Å². The first-order valence-electron chi connectivity index (χ1n) is 10.1. The number of aromatic nitrogens is 1. The minimum atomic E-state index is -0.593. The van der Waals surface area contributed by atoms with Gasteiger partial charge < -0.3 is 24.9 Å². The van der Waals surface area contributed by atoms with Crippen molar-refractivity contribution in [2.45, 2.75) is 26.3 Å². The molecule has 3 rings (SSSR count). The normalized spacial score (nSPS) is 11.1. The lowest BCUT2D eigenvalue weighted by atomic mass is 9.99. The molecular weight excluding hydrogens is 387 g/mol. The van der Waals surface area contributed by atoms with E-state index in [0.717, 1.165) is 6.42 Å². The van der Waals surface area contributed by atoms with Crippen LogP contribution in [-0.4, -0.2) is 37.0 Å². The van der Waals surface area contributed by atoms with Gasteiger partial charge in [0.15, 0.2) is 0 Å². The van der Waals surface area contributed by atoms with Gasteiger partial charge in [0.2, 0.25) is 5.43 Å². The Balaban J connectivity index is 2.19. The van der Waals surface area contributed by atoms with Crippen LogP contribution in [0.1, 0.15) is 25.5 Å². The van der Waals surface area contributed by atoms with E-state index in [9.17, 15) is 9.18 Å². The van der Waals surface area contributed by atoms with Crippen molar-refractivity contribution in [3.63, 3.8) is 0 Å². The second kappa shape index (κ2) is 10.2. The molecule has 7 heteroatoms. The number of aliphatic hydroxyl groups excluding tert-OH is 1. The van der Waals surface area contributed by atoms with Crippen LogP contribution in [0.4, 0.5) is 4.39 Å². The van der Waals surface area contributed by atoms with Crippen LogP contribution in [0.2, 0.25) is 0 Å². The van der Waals surface area contributed by atoms with Gasteiger partial charge in [0.1, 0.15) is 17.3 Å². The molecule has 0 atom stereocenters. The Morgan fingerprint density at radius 2 is 1.93 bits per heavy atom.